The second-order valence-electron chi connectivity index (χ2n) is 6.35. The summed E-state index contributed by atoms with van der Waals surface area (Å²) < 4.78 is 30.9. The van der Waals surface area contributed by atoms with E-state index in [9.17, 15) is 8.42 Å². The number of hydrogen-bond donors (Lipinski definition) is 0. The Labute approximate surface area is 146 Å². The lowest BCUT2D eigenvalue weighted by Gasteiger charge is -2.33. The molecule has 0 aliphatic carbocycles. The second-order valence-corrected chi connectivity index (χ2v) is 8.28. The van der Waals surface area contributed by atoms with E-state index in [1.807, 2.05) is 37.6 Å². The Morgan fingerprint density at radius 1 is 1.04 bits per heavy atom. The van der Waals surface area contributed by atoms with E-state index in [2.05, 4.69) is 16.3 Å². The van der Waals surface area contributed by atoms with Crippen molar-refractivity contribution in [2.45, 2.75) is 17.4 Å². The van der Waals surface area contributed by atoms with Gasteiger partial charge in [-0.25, -0.2) is 8.42 Å². The zero-order valence-electron chi connectivity index (χ0n) is 14.1. The van der Waals surface area contributed by atoms with E-state index in [1.165, 1.54) is 21.4 Å². The molecular weight excluding hydrogens is 338 g/mol. The summed E-state index contributed by atoms with van der Waals surface area (Å²) in [7, 11) is -0.0205. The minimum atomic E-state index is -3.60. The normalized spacial score (nSPS) is 18.2. The lowest BCUT2D eigenvalue weighted by Crippen LogP contribution is -2.38. The van der Waals surface area contributed by atoms with Crippen LogP contribution in [-0.4, -0.2) is 38.8 Å². The summed E-state index contributed by atoms with van der Waals surface area (Å²) in [6.07, 6.45) is 6.69. The Morgan fingerprint density at radius 2 is 1.76 bits per heavy atom. The Bertz CT molecular complexity index is 1020. The van der Waals surface area contributed by atoms with Gasteiger partial charge in [0.15, 0.2) is 0 Å². The molecule has 3 aromatic rings. The van der Waals surface area contributed by atoms with Crippen molar-refractivity contribution in [3.05, 3.63) is 65.7 Å². The van der Waals surface area contributed by atoms with Crippen molar-refractivity contribution in [3.63, 3.8) is 0 Å². The first-order chi connectivity index (χ1) is 11.9. The Morgan fingerprint density at radius 3 is 2.44 bits per heavy atom. The van der Waals surface area contributed by atoms with Crippen molar-refractivity contribution in [2.24, 2.45) is 14.1 Å². The molecule has 25 heavy (non-hydrogen) atoms. The number of hydrogen-bond acceptors (Lipinski definition) is 4. The predicted octanol–water partition coefficient (Wildman–Crippen LogP) is 1.49. The third kappa shape index (κ3) is 2.77. The van der Waals surface area contributed by atoms with Crippen LogP contribution in [0.4, 0.5) is 0 Å². The van der Waals surface area contributed by atoms with Crippen LogP contribution in [0.5, 0.6) is 0 Å². The molecule has 130 valence electrons. The van der Waals surface area contributed by atoms with Crippen LogP contribution in [0, 0.1) is 0 Å². The average molecular weight is 357 g/mol. The van der Waals surface area contributed by atoms with Gasteiger partial charge in [-0.2, -0.15) is 14.5 Å². The van der Waals surface area contributed by atoms with Crippen molar-refractivity contribution in [1.82, 2.24) is 23.9 Å². The minimum absolute atomic E-state index is 0.0369. The maximum Gasteiger partial charge on any atom is 0.246 e. The molecule has 1 aliphatic rings. The Kier molecular flexibility index (Phi) is 3.73. The highest BCUT2D eigenvalue weighted by molar-refractivity contribution is 7.89. The van der Waals surface area contributed by atoms with E-state index in [0.29, 0.717) is 13.1 Å². The van der Waals surface area contributed by atoms with Crippen molar-refractivity contribution in [2.75, 3.05) is 6.54 Å². The zero-order chi connectivity index (χ0) is 17.6. The molecule has 8 heteroatoms. The molecule has 0 amide bonds. The van der Waals surface area contributed by atoms with E-state index in [1.54, 1.807) is 11.7 Å². The summed E-state index contributed by atoms with van der Waals surface area (Å²) in [5, 5.41) is 8.25. The number of aromatic nitrogens is 4. The molecule has 1 aromatic carbocycles. The van der Waals surface area contributed by atoms with Crippen LogP contribution in [0.2, 0.25) is 0 Å². The van der Waals surface area contributed by atoms with E-state index >= 15 is 0 Å². The fraction of sp³-hybridized carbons (Fsp3) is 0.294. The number of benzene rings is 1. The minimum Gasteiger partial charge on any atom is -0.276 e. The monoisotopic (exact) mass is 357 g/mol. The first kappa shape index (κ1) is 16.0. The third-order valence-electron chi connectivity index (χ3n) is 4.61. The highest BCUT2D eigenvalue weighted by Crippen LogP contribution is 2.35. The van der Waals surface area contributed by atoms with Gasteiger partial charge in [-0.3, -0.25) is 9.36 Å². The van der Waals surface area contributed by atoms with Gasteiger partial charge >= 0.3 is 0 Å². The van der Waals surface area contributed by atoms with Crippen LogP contribution in [0.25, 0.3) is 0 Å². The number of fused-ring (bicyclic) bond motifs is 1. The lowest BCUT2D eigenvalue weighted by molar-refractivity contribution is 0.371. The molecule has 0 saturated heterocycles. The first-order valence-corrected chi connectivity index (χ1v) is 9.44. The molecule has 3 heterocycles. The van der Waals surface area contributed by atoms with E-state index in [-0.39, 0.29) is 10.8 Å². The molecule has 7 nitrogen and oxygen atoms in total. The summed E-state index contributed by atoms with van der Waals surface area (Å²) in [5.74, 6) is -0.0369. The molecule has 0 unspecified atom stereocenters. The van der Waals surface area contributed by atoms with Gasteiger partial charge in [0.05, 0.1) is 12.4 Å². The topological polar surface area (TPSA) is 73.0 Å². The second kappa shape index (κ2) is 5.82. The maximum atomic E-state index is 13.0. The predicted molar refractivity (Wildman–Crippen MR) is 92.3 cm³/mol. The molecule has 0 N–H and O–H groups in total. The van der Waals surface area contributed by atoms with Crippen LogP contribution in [0.3, 0.4) is 0 Å². The Balaban J connectivity index is 1.77. The van der Waals surface area contributed by atoms with Crippen molar-refractivity contribution in [3.8, 4) is 0 Å². The van der Waals surface area contributed by atoms with Gasteiger partial charge in [-0.15, -0.1) is 0 Å². The molecule has 1 aliphatic heterocycles. The summed E-state index contributed by atoms with van der Waals surface area (Å²) in [5.41, 5.74) is 3.20. The standard InChI is InChI=1S/C17H19N5O2S/c1-20-9-14(7-18-20)17-12-22(10-13-5-3-4-6-16(13)17)25(23,24)15-8-19-21(2)11-15/h3-9,11,17H,10,12H2,1-2H3/t17-/m0/s1. The molecular formula is C17H19N5O2S. The molecule has 2 aromatic heterocycles. The third-order valence-corrected chi connectivity index (χ3v) is 6.37. The Hall–Kier alpha value is -2.45. The molecule has 0 saturated carbocycles. The first-order valence-electron chi connectivity index (χ1n) is 8.00. The van der Waals surface area contributed by atoms with Crippen molar-refractivity contribution in [1.29, 1.82) is 0 Å². The zero-order valence-corrected chi connectivity index (χ0v) is 14.9. The van der Waals surface area contributed by atoms with Gasteiger partial charge < -0.3 is 0 Å². The summed E-state index contributed by atoms with van der Waals surface area (Å²) in [4.78, 5) is 0.222. The average Bonchev–Trinajstić information content (AvgIpc) is 3.22. The fourth-order valence-corrected chi connectivity index (χ4v) is 4.76. The van der Waals surface area contributed by atoms with Gasteiger partial charge in [0.2, 0.25) is 10.0 Å². The molecule has 1 atom stereocenters. The molecule has 0 spiro atoms. The number of sulfonamides is 1. The van der Waals surface area contributed by atoms with Gasteiger partial charge in [0.25, 0.3) is 0 Å². The molecule has 0 bridgehead atoms. The van der Waals surface area contributed by atoms with Gasteiger partial charge in [0.1, 0.15) is 4.90 Å². The highest BCUT2D eigenvalue weighted by atomic mass is 32.2. The van der Waals surface area contributed by atoms with Crippen molar-refractivity contribution < 1.29 is 8.42 Å². The lowest BCUT2D eigenvalue weighted by atomic mass is 9.87. The van der Waals surface area contributed by atoms with Crippen LogP contribution >= 0.6 is 0 Å². The number of nitrogens with zero attached hydrogens (tertiary/aromatic N) is 5. The van der Waals surface area contributed by atoms with Crippen LogP contribution in [0.15, 0.2) is 53.9 Å². The van der Waals surface area contributed by atoms with E-state index in [4.69, 9.17) is 0 Å². The summed E-state index contributed by atoms with van der Waals surface area (Å²) in [6.45, 7) is 0.754. The quantitative estimate of drug-likeness (QED) is 0.712. The molecule has 4 rings (SSSR count). The smallest absolute Gasteiger partial charge is 0.246 e. The van der Waals surface area contributed by atoms with E-state index < -0.39 is 10.0 Å². The number of aryl methyl sites for hydroxylation is 2. The largest absolute Gasteiger partial charge is 0.276 e. The van der Waals surface area contributed by atoms with Gasteiger partial charge in [-0.1, -0.05) is 24.3 Å². The van der Waals surface area contributed by atoms with Crippen LogP contribution < -0.4 is 0 Å². The molecule has 0 fully saturated rings. The van der Waals surface area contributed by atoms with Crippen LogP contribution in [-0.2, 0) is 30.7 Å². The van der Waals surface area contributed by atoms with Gasteiger partial charge in [-0.05, 0) is 16.7 Å². The fourth-order valence-electron chi connectivity index (χ4n) is 3.34. The van der Waals surface area contributed by atoms with E-state index in [0.717, 1.165) is 16.7 Å². The molecule has 0 radical (unpaired) electrons. The summed E-state index contributed by atoms with van der Waals surface area (Å²) in [6, 6.07) is 8.00. The van der Waals surface area contributed by atoms with Crippen molar-refractivity contribution >= 4 is 10.0 Å². The summed E-state index contributed by atoms with van der Waals surface area (Å²) >= 11 is 0. The number of rotatable bonds is 3. The maximum absolute atomic E-state index is 13.0. The van der Waals surface area contributed by atoms with Crippen LogP contribution in [0.1, 0.15) is 22.6 Å². The SMILES string of the molecule is Cn1cc([C@@H]2CN(S(=O)(=O)c3cnn(C)c3)Cc3ccccc32)cn1. The highest BCUT2D eigenvalue weighted by Gasteiger charge is 2.34. The van der Waals surface area contributed by atoms with Gasteiger partial charge in [0, 0.05) is 45.5 Å².